The highest BCUT2D eigenvalue weighted by Gasteiger charge is 2.18. The van der Waals surface area contributed by atoms with E-state index in [1.807, 2.05) is 41.8 Å². The van der Waals surface area contributed by atoms with Crippen LogP contribution in [0.5, 0.6) is 0 Å². The molecule has 0 aliphatic heterocycles. The second-order valence-corrected chi connectivity index (χ2v) is 8.06. The van der Waals surface area contributed by atoms with Crippen LogP contribution in [0.3, 0.4) is 0 Å². The number of carbonyl (C=O) groups excluding carboxylic acids is 1. The molecule has 144 valence electrons. The first-order valence-corrected chi connectivity index (χ1v) is 10.5. The summed E-state index contributed by atoms with van der Waals surface area (Å²) in [6.45, 7) is 0. The van der Waals surface area contributed by atoms with Crippen LogP contribution in [0.2, 0.25) is 15.1 Å². The Morgan fingerprint density at radius 3 is 2.55 bits per heavy atom. The van der Waals surface area contributed by atoms with Gasteiger partial charge in [-0.05, 0) is 36.4 Å². The number of carbonyl (C=O) groups is 1. The lowest BCUT2D eigenvalue weighted by Crippen LogP contribution is -2.13. The van der Waals surface area contributed by atoms with Crippen molar-refractivity contribution in [3.8, 4) is 22.0 Å². The lowest BCUT2D eigenvalue weighted by molar-refractivity contribution is 0.102. The Kier molecular flexibility index (Phi) is 5.83. The van der Waals surface area contributed by atoms with Gasteiger partial charge in [-0.3, -0.25) is 9.78 Å². The van der Waals surface area contributed by atoms with Gasteiger partial charge in [-0.25, -0.2) is 4.98 Å². The van der Waals surface area contributed by atoms with Gasteiger partial charge in [0, 0.05) is 22.8 Å². The SMILES string of the molecule is O=C(Nc1cccc(-c2csc(-c3ccccn3)n2)c1)c1c(Cl)ccc(Cl)c1Cl. The first kappa shape index (κ1) is 19.9. The molecule has 29 heavy (non-hydrogen) atoms. The maximum Gasteiger partial charge on any atom is 0.258 e. The molecule has 4 nitrogen and oxygen atoms in total. The fourth-order valence-electron chi connectivity index (χ4n) is 2.70. The Labute approximate surface area is 186 Å². The molecule has 1 N–H and O–H groups in total. The van der Waals surface area contributed by atoms with E-state index >= 15 is 0 Å². The molecule has 0 saturated heterocycles. The van der Waals surface area contributed by atoms with Crippen molar-refractivity contribution in [2.45, 2.75) is 0 Å². The maximum atomic E-state index is 12.7. The van der Waals surface area contributed by atoms with E-state index in [0.717, 1.165) is 22.0 Å². The minimum absolute atomic E-state index is 0.118. The molecule has 0 aliphatic rings. The highest BCUT2D eigenvalue weighted by atomic mass is 35.5. The Hall–Kier alpha value is -2.44. The molecular weight excluding hydrogens is 449 g/mol. The minimum Gasteiger partial charge on any atom is -0.322 e. The van der Waals surface area contributed by atoms with Gasteiger partial charge >= 0.3 is 0 Å². The van der Waals surface area contributed by atoms with Crippen molar-refractivity contribution in [3.05, 3.63) is 86.8 Å². The summed E-state index contributed by atoms with van der Waals surface area (Å²) >= 11 is 19.8. The van der Waals surface area contributed by atoms with Crippen LogP contribution >= 0.6 is 46.1 Å². The van der Waals surface area contributed by atoms with Crippen molar-refractivity contribution in [2.75, 3.05) is 5.32 Å². The molecule has 2 aromatic heterocycles. The fraction of sp³-hybridized carbons (Fsp3) is 0. The lowest BCUT2D eigenvalue weighted by Gasteiger charge is -2.10. The first-order valence-electron chi connectivity index (χ1n) is 8.45. The largest absolute Gasteiger partial charge is 0.322 e. The van der Waals surface area contributed by atoms with Crippen LogP contribution < -0.4 is 5.32 Å². The van der Waals surface area contributed by atoms with E-state index in [4.69, 9.17) is 34.8 Å². The Bertz CT molecular complexity index is 1200. The lowest BCUT2D eigenvalue weighted by atomic mass is 10.1. The number of hydrogen-bond acceptors (Lipinski definition) is 4. The van der Waals surface area contributed by atoms with E-state index in [1.165, 1.54) is 17.4 Å². The number of halogens is 3. The molecule has 0 saturated carbocycles. The van der Waals surface area contributed by atoms with Gasteiger partial charge in [0.1, 0.15) is 5.01 Å². The molecule has 0 atom stereocenters. The number of aromatic nitrogens is 2. The predicted molar refractivity (Wildman–Crippen MR) is 120 cm³/mol. The quantitative estimate of drug-likeness (QED) is 0.331. The van der Waals surface area contributed by atoms with Crippen molar-refractivity contribution in [1.29, 1.82) is 0 Å². The zero-order chi connectivity index (χ0) is 20.4. The molecule has 1 amide bonds. The Balaban J connectivity index is 1.60. The van der Waals surface area contributed by atoms with Crippen molar-refractivity contribution in [2.24, 2.45) is 0 Å². The molecule has 8 heteroatoms. The standard InChI is InChI=1S/C21H12Cl3N3OS/c22-14-7-8-15(23)19(24)18(14)20(28)26-13-5-3-4-12(10-13)17-11-29-21(27-17)16-6-1-2-9-25-16/h1-11H,(H,26,28). The third-order valence-corrected chi connectivity index (χ3v) is 6.06. The van der Waals surface area contributed by atoms with Crippen molar-refractivity contribution < 1.29 is 4.79 Å². The van der Waals surface area contributed by atoms with Gasteiger partial charge < -0.3 is 5.32 Å². The molecular formula is C21H12Cl3N3OS. The zero-order valence-electron chi connectivity index (χ0n) is 14.7. The molecule has 0 radical (unpaired) electrons. The summed E-state index contributed by atoms with van der Waals surface area (Å²) in [5.74, 6) is -0.438. The summed E-state index contributed by atoms with van der Waals surface area (Å²) in [6, 6.07) is 16.2. The topological polar surface area (TPSA) is 54.9 Å². The summed E-state index contributed by atoms with van der Waals surface area (Å²) in [4.78, 5) is 21.7. The number of amides is 1. The van der Waals surface area contributed by atoms with E-state index in [2.05, 4.69) is 15.3 Å². The molecule has 0 aliphatic carbocycles. The smallest absolute Gasteiger partial charge is 0.258 e. The summed E-state index contributed by atoms with van der Waals surface area (Å²) in [5.41, 5.74) is 3.21. The van der Waals surface area contributed by atoms with Crippen LogP contribution in [0.1, 0.15) is 10.4 Å². The third-order valence-electron chi connectivity index (χ3n) is 4.08. The van der Waals surface area contributed by atoms with E-state index in [0.29, 0.717) is 5.69 Å². The van der Waals surface area contributed by atoms with Gasteiger partial charge in [0.2, 0.25) is 0 Å². The van der Waals surface area contributed by atoms with E-state index < -0.39 is 5.91 Å². The first-order chi connectivity index (χ1) is 14.0. The highest BCUT2D eigenvalue weighted by Crippen LogP contribution is 2.33. The molecule has 4 rings (SSSR count). The summed E-state index contributed by atoms with van der Waals surface area (Å²) in [7, 11) is 0. The maximum absolute atomic E-state index is 12.7. The molecule has 0 spiro atoms. The average molecular weight is 461 g/mol. The Morgan fingerprint density at radius 1 is 0.931 bits per heavy atom. The van der Waals surface area contributed by atoms with Crippen LogP contribution in [0.4, 0.5) is 5.69 Å². The number of hydrogen-bond donors (Lipinski definition) is 1. The number of rotatable bonds is 4. The number of nitrogens with zero attached hydrogens (tertiary/aromatic N) is 2. The fourth-order valence-corrected chi connectivity index (χ4v) is 4.20. The molecule has 0 bridgehead atoms. The minimum atomic E-state index is -0.438. The van der Waals surface area contributed by atoms with Gasteiger partial charge in [0.15, 0.2) is 0 Å². The Morgan fingerprint density at radius 2 is 1.76 bits per heavy atom. The third kappa shape index (κ3) is 4.28. The highest BCUT2D eigenvalue weighted by molar-refractivity contribution is 7.13. The second kappa shape index (κ2) is 8.51. The molecule has 2 aromatic carbocycles. The number of thiazole rings is 1. The normalized spacial score (nSPS) is 10.7. The summed E-state index contributed by atoms with van der Waals surface area (Å²) in [5, 5.41) is 6.20. The van der Waals surface area contributed by atoms with E-state index in [9.17, 15) is 4.79 Å². The molecule has 0 unspecified atom stereocenters. The van der Waals surface area contributed by atoms with Crippen LogP contribution in [0.15, 0.2) is 66.2 Å². The van der Waals surface area contributed by atoms with Crippen molar-refractivity contribution in [1.82, 2.24) is 9.97 Å². The van der Waals surface area contributed by atoms with Crippen molar-refractivity contribution >= 4 is 57.7 Å². The van der Waals surface area contributed by atoms with Crippen LogP contribution in [0, 0.1) is 0 Å². The number of nitrogens with one attached hydrogen (secondary N) is 1. The van der Waals surface area contributed by atoms with Gasteiger partial charge in [0.05, 0.1) is 32.0 Å². The number of benzene rings is 2. The van der Waals surface area contributed by atoms with Gasteiger partial charge in [-0.1, -0.05) is 53.0 Å². The average Bonchev–Trinajstić information content (AvgIpc) is 3.22. The molecule has 2 heterocycles. The zero-order valence-corrected chi connectivity index (χ0v) is 17.8. The predicted octanol–water partition coefficient (Wildman–Crippen LogP) is 7.08. The summed E-state index contributed by atoms with van der Waals surface area (Å²) in [6.07, 6.45) is 1.73. The monoisotopic (exact) mass is 459 g/mol. The number of pyridine rings is 1. The van der Waals surface area contributed by atoms with Crippen LogP contribution in [-0.2, 0) is 0 Å². The van der Waals surface area contributed by atoms with Crippen LogP contribution in [-0.4, -0.2) is 15.9 Å². The second-order valence-electron chi connectivity index (χ2n) is 6.01. The van der Waals surface area contributed by atoms with Gasteiger partial charge in [0.25, 0.3) is 5.91 Å². The summed E-state index contributed by atoms with van der Waals surface area (Å²) < 4.78 is 0. The van der Waals surface area contributed by atoms with Crippen LogP contribution in [0.25, 0.3) is 22.0 Å². The van der Waals surface area contributed by atoms with Crippen molar-refractivity contribution in [3.63, 3.8) is 0 Å². The molecule has 4 aromatic rings. The van der Waals surface area contributed by atoms with Gasteiger partial charge in [-0.15, -0.1) is 11.3 Å². The number of anilines is 1. The van der Waals surface area contributed by atoms with Gasteiger partial charge in [-0.2, -0.15) is 0 Å². The van der Waals surface area contributed by atoms with E-state index in [-0.39, 0.29) is 20.6 Å². The van der Waals surface area contributed by atoms with E-state index in [1.54, 1.807) is 18.3 Å². The molecule has 0 fully saturated rings.